The molecule has 1 saturated heterocycles. The molecular weight excluding hydrogens is 626 g/mol. The SMILES string of the molecule is CCCCCN(CCCCC)CC(O)CN1CCc2cc(OC)c(OC)cc2[C@H]1C[C@H]1C[C@H]2c3cc(OC)c(OC)cc3CCN2C[C@@H]1CC. The molecule has 5 rings (SSSR count). The van der Waals surface area contributed by atoms with Crippen LogP contribution in [0.2, 0.25) is 0 Å². The molecule has 0 bridgehead atoms. The van der Waals surface area contributed by atoms with Gasteiger partial charge in [-0.25, -0.2) is 0 Å². The highest BCUT2D eigenvalue weighted by Crippen LogP contribution is 2.49. The van der Waals surface area contributed by atoms with Crippen molar-refractivity contribution in [2.75, 3.05) is 74.3 Å². The summed E-state index contributed by atoms with van der Waals surface area (Å²) in [4.78, 5) is 7.87. The van der Waals surface area contributed by atoms with E-state index in [-0.39, 0.29) is 12.1 Å². The van der Waals surface area contributed by atoms with E-state index in [9.17, 15) is 5.11 Å². The lowest BCUT2D eigenvalue weighted by Crippen LogP contribution is -2.48. The first-order valence-corrected chi connectivity index (χ1v) is 19.8. The van der Waals surface area contributed by atoms with Crippen LogP contribution in [0.5, 0.6) is 23.0 Å². The Hall–Kier alpha value is -2.52. The van der Waals surface area contributed by atoms with Gasteiger partial charge in [0.15, 0.2) is 23.0 Å². The number of hydrogen-bond acceptors (Lipinski definition) is 8. The molecule has 3 heterocycles. The molecule has 8 heteroatoms. The summed E-state index contributed by atoms with van der Waals surface area (Å²) >= 11 is 0. The van der Waals surface area contributed by atoms with E-state index in [1.165, 1.54) is 67.2 Å². The molecule has 3 aliphatic heterocycles. The topological polar surface area (TPSA) is 66.9 Å². The van der Waals surface area contributed by atoms with Gasteiger partial charge in [-0.2, -0.15) is 0 Å². The van der Waals surface area contributed by atoms with Gasteiger partial charge in [0.05, 0.1) is 34.5 Å². The smallest absolute Gasteiger partial charge is 0.161 e. The molecular formula is C42H67N3O5. The van der Waals surface area contributed by atoms with Gasteiger partial charge < -0.3 is 29.0 Å². The zero-order chi connectivity index (χ0) is 35.6. The molecule has 1 fully saturated rings. The van der Waals surface area contributed by atoms with Crippen molar-refractivity contribution in [2.24, 2.45) is 11.8 Å². The van der Waals surface area contributed by atoms with Gasteiger partial charge in [-0.3, -0.25) is 9.80 Å². The van der Waals surface area contributed by atoms with Crippen LogP contribution in [-0.4, -0.2) is 100 Å². The lowest BCUT2D eigenvalue weighted by atomic mass is 9.72. The molecule has 1 N–H and O–H groups in total. The lowest BCUT2D eigenvalue weighted by Gasteiger charge is -2.49. The largest absolute Gasteiger partial charge is 0.493 e. The van der Waals surface area contributed by atoms with E-state index in [1.807, 2.05) is 0 Å². The van der Waals surface area contributed by atoms with E-state index < -0.39 is 0 Å². The zero-order valence-corrected chi connectivity index (χ0v) is 32.3. The molecule has 2 aromatic carbocycles. The number of aliphatic hydroxyl groups excluding tert-OH is 1. The highest BCUT2D eigenvalue weighted by Gasteiger charge is 2.41. The van der Waals surface area contributed by atoms with Crippen molar-refractivity contribution in [3.63, 3.8) is 0 Å². The Morgan fingerprint density at radius 3 is 1.88 bits per heavy atom. The molecule has 0 saturated carbocycles. The Kier molecular flexibility index (Phi) is 14.6. The van der Waals surface area contributed by atoms with Crippen LogP contribution in [0.1, 0.15) is 113 Å². The number of aliphatic hydroxyl groups is 1. The number of unbranched alkanes of at least 4 members (excludes halogenated alkanes) is 4. The third-order valence-corrected chi connectivity index (χ3v) is 12.0. The normalized spacial score (nSPS) is 22.8. The number of ether oxygens (including phenoxy) is 4. The fraction of sp³-hybridized carbons (Fsp3) is 0.714. The summed E-state index contributed by atoms with van der Waals surface area (Å²) in [5, 5.41) is 11.7. The molecule has 1 unspecified atom stereocenters. The Bertz CT molecular complexity index is 1340. The Morgan fingerprint density at radius 1 is 0.740 bits per heavy atom. The average Bonchev–Trinajstić information content (AvgIpc) is 3.14. The van der Waals surface area contributed by atoms with Crippen molar-refractivity contribution in [1.29, 1.82) is 0 Å². The highest BCUT2D eigenvalue weighted by atomic mass is 16.5. The maximum Gasteiger partial charge on any atom is 0.161 e. The van der Waals surface area contributed by atoms with Gasteiger partial charge in [0, 0.05) is 44.8 Å². The van der Waals surface area contributed by atoms with Crippen molar-refractivity contribution in [3.8, 4) is 23.0 Å². The van der Waals surface area contributed by atoms with Gasteiger partial charge in [0.2, 0.25) is 0 Å². The Balaban J connectivity index is 1.42. The number of fused-ring (bicyclic) bond motifs is 4. The molecule has 280 valence electrons. The van der Waals surface area contributed by atoms with E-state index in [0.717, 1.165) is 87.9 Å². The molecule has 0 radical (unpaired) electrons. The molecule has 0 amide bonds. The van der Waals surface area contributed by atoms with Crippen molar-refractivity contribution in [2.45, 2.75) is 110 Å². The van der Waals surface area contributed by atoms with Crippen LogP contribution in [0.15, 0.2) is 24.3 Å². The lowest BCUT2D eigenvalue weighted by molar-refractivity contribution is 0.0155. The van der Waals surface area contributed by atoms with Crippen molar-refractivity contribution in [3.05, 3.63) is 46.5 Å². The van der Waals surface area contributed by atoms with Gasteiger partial charge in [0.25, 0.3) is 0 Å². The van der Waals surface area contributed by atoms with E-state index in [0.29, 0.717) is 24.4 Å². The monoisotopic (exact) mass is 694 g/mol. The predicted molar refractivity (Wildman–Crippen MR) is 203 cm³/mol. The summed E-state index contributed by atoms with van der Waals surface area (Å²) in [5.41, 5.74) is 5.49. The zero-order valence-electron chi connectivity index (χ0n) is 32.3. The molecule has 0 spiro atoms. The van der Waals surface area contributed by atoms with Crippen LogP contribution in [0.3, 0.4) is 0 Å². The molecule has 8 nitrogen and oxygen atoms in total. The number of β-amino-alcohol motifs (C(OH)–C–C–N with tert-alkyl or cyclic N) is 1. The Morgan fingerprint density at radius 2 is 1.30 bits per heavy atom. The maximum atomic E-state index is 11.7. The number of nitrogens with zero attached hydrogens (tertiary/aromatic N) is 3. The number of benzene rings is 2. The molecule has 5 atom stereocenters. The number of methoxy groups -OCH3 is 4. The fourth-order valence-corrected chi connectivity index (χ4v) is 9.21. The second-order valence-electron chi connectivity index (χ2n) is 15.1. The van der Waals surface area contributed by atoms with Crippen LogP contribution in [-0.2, 0) is 12.8 Å². The standard InChI is InChI=1S/C42H67N3O5/c1-8-11-13-17-43(18-14-12-9-2)28-34(46)29-45-20-16-32-24-40(48-5)42(50-7)26-36(32)38(45)22-33-21-37-35-25-41(49-6)39(47-4)23-31(35)15-19-44(37)27-30(33)10-3/h23-26,30,33-34,37-38,46H,8-22,27-29H2,1-7H3/t30-,33+,34?,37-,38+/m0/s1. The number of piperidine rings is 1. The fourth-order valence-electron chi connectivity index (χ4n) is 9.21. The minimum Gasteiger partial charge on any atom is -0.493 e. The van der Waals surface area contributed by atoms with Crippen molar-refractivity contribution in [1.82, 2.24) is 14.7 Å². The van der Waals surface area contributed by atoms with E-state index in [2.05, 4.69) is 59.7 Å². The first-order valence-electron chi connectivity index (χ1n) is 19.8. The van der Waals surface area contributed by atoms with E-state index in [1.54, 1.807) is 28.4 Å². The molecule has 0 aromatic heterocycles. The van der Waals surface area contributed by atoms with Crippen LogP contribution in [0.4, 0.5) is 0 Å². The number of rotatable bonds is 19. The van der Waals surface area contributed by atoms with Gasteiger partial charge in [-0.1, -0.05) is 52.9 Å². The van der Waals surface area contributed by atoms with Crippen molar-refractivity contribution >= 4 is 0 Å². The van der Waals surface area contributed by atoms with Gasteiger partial charge >= 0.3 is 0 Å². The summed E-state index contributed by atoms with van der Waals surface area (Å²) in [6.45, 7) is 13.7. The first kappa shape index (κ1) is 38.7. The Labute approximate surface area is 303 Å². The first-order chi connectivity index (χ1) is 24.4. The molecule has 2 aromatic rings. The second kappa shape index (κ2) is 18.8. The second-order valence-corrected chi connectivity index (χ2v) is 15.1. The van der Waals surface area contributed by atoms with Crippen LogP contribution < -0.4 is 18.9 Å². The summed E-state index contributed by atoms with van der Waals surface area (Å²) in [5.74, 6) is 4.41. The van der Waals surface area contributed by atoms with Gasteiger partial charge in [-0.15, -0.1) is 0 Å². The van der Waals surface area contributed by atoms with E-state index >= 15 is 0 Å². The van der Waals surface area contributed by atoms with Crippen LogP contribution in [0, 0.1) is 11.8 Å². The average molecular weight is 694 g/mol. The third-order valence-electron chi connectivity index (χ3n) is 12.0. The quantitative estimate of drug-likeness (QED) is 0.150. The summed E-state index contributed by atoms with van der Waals surface area (Å²) in [6, 6.07) is 9.48. The maximum absolute atomic E-state index is 11.7. The molecule has 3 aliphatic rings. The van der Waals surface area contributed by atoms with Crippen molar-refractivity contribution < 1.29 is 24.1 Å². The summed E-state index contributed by atoms with van der Waals surface area (Å²) in [6.07, 6.45) is 12.3. The predicted octanol–water partition coefficient (Wildman–Crippen LogP) is 7.70. The highest BCUT2D eigenvalue weighted by molar-refractivity contribution is 5.51. The third kappa shape index (κ3) is 9.09. The summed E-state index contributed by atoms with van der Waals surface area (Å²) in [7, 11) is 6.94. The summed E-state index contributed by atoms with van der Waals surface area (Å²) < 4.78 is 23.1. The minimum atomic E-state index is -0.390. The van der Waals surface area contributed by atoms with Crippen LogP contribution in [0.25, 0.3) is 0 Å². The molecule has 50 heavy (non-hydrogen) atoms. The van der Waals surface area contributed by atoms with E-state index in [4.69, 9.17) is 18.9 Å². The van der Waals surface area contributed by atoms with Gasteiger partial charge in [-0.05, 0) is 110 Å². The van der Waals surface area contributed by atoms with Gasteiger partial charge in [0.1, 0.15) is 0 Å². The number of hydrogen-bond donors (Lipinski definition) is 1. The molecule has 0 aliphatic carbocycles. The minimum absolute atomic E-state index is 0.209. The van der Waals surface area contributed by atoms with Crippen LogP contribution >= 0.6 is 0 Å².